The highest BCUT2D eigenvalue weighted by atomic mass is 32.2. The van der Waals surface area contributed by atoms with Crippen LogP contribution < -0.4 is 9.03 Å². The first kappa shape index (κ1) is 19.7. The van der Waals surface area contributed by atoms with E-state index >= 15 is 0 Å². The van der Waals surface area contributed by atoms with E-state index in [1.165, 1.54) is 4.31 Å². The first-order valence-corrected chi connectivity index (χ1v) is 12.5. The molecule has 4 rings (SSSR count). The Balaban J connectivity index is 1.70. The molecule has 1 N–H and O–H groups in total. The molecule has 8 heteroatoms. The van der Waals surface area contributed by atoms with Crippen molar-refractivity contribution in [2.75, 3.05) is 21.3 Å². The number of fused-ring (bicyclic) bond motifs is 2. The van der Waals surface area contributed by atoms with Gasteiger partial charge < -0.3 is 0 Å². The van der Waals surface area contributed by atoms with Crippen LogP contribution in [0, 0.1) is 0 Å². The van der Waals surface area contributed by atoms with Crippen molar-refractivity contribution in [2.45, 2.75) is 24.7 Å². The summed E-state index contributed by atoms with van der Waals surface area (Å²) in [5, 5.41) is 1.50. The van der Waals surface area contributed by atoms with Crippen LogP contribution in [0.15, 0.2) is 65.6 Å². The molecule has 29 heavy (non-hydrogen) atoms. The highest BCUT2D eigenvalue weighted by Crippen LogP contribution is 2.33. The quantitative estimate of drug-likeness (QED) is 0.668. The Hall–Kier alpha value is -2.58. The molecular weight excluding hydrogens is 408 g/mol. The van der Waals surface area contributed by atoms with E-state index in [0.29, 0.717) is 36.1 Å². The van der Waals surface area contributed by atoms with Gasteiger partial charge in [-0.1, -0.05) is 36.4 Å². The first-order valence-electron chi connectivity index (χ1n) is 9.46. The van der Waals surface area contributed by atoms with Gasteiger partial charge in [0.1, 0.15) is 0 Å². The zero-order chi connectivity index (χ0) is 20.6. The number of sulfonamides is 2. The molecule has 0 unspecified atom stereocenters. The Labute approximate surface area is 171 Å². The summed E-state index contributed by atoms with van der Waals surface area (Å²) in [4.78, 5) is 0.212. The van der Waals surface area contributed by atoms with Crippen molar-refractivity contribution in [1.29, 1.82) is 0 Å². The number of hydrogen-bond acceptors (Lipinski definition) is 4. The second kappa shape index (κ2) is 7.35. The van der Waals surface area contributed by atoms with Crippen LogP contribution >= 0.6 is 0 Å². The van der Waals surface area contributed by atoms with Crippen LogP contribution in [-0.4, -0.2) is 29.1 Å². The fourth-order valence-electron chi connectivity index (χ4n) is 3.71. The summed E-state index contributed by atoms with van der Waals surface area (Å²) >= 11 is 0. The van der Waals surface area contributed by atoms with E-state index in [0.717, 1.165) is 10.9 Å². The van der Waals surface area contributed by atoms with Gasteiger partial charge in [0.2, 0.25) is 10.0 Å². The molecule has 0 fully saturated rings. The second-order valence-electron chi connectivity index (χ2n) is 7.00. The number of hydrogen-bond donors (Lipinski definition) is 1. The summed E-state index contributed by atoms with van der Waals surface area (Å²) in [7, 11) is -7.15. The van der Waals surface area contributed by atoms with Gasteiger partial charge in [-0.15, -0.1) is 0 Å². The van der Waals surface area contributed by atoms with Crippen LogP contribution in [0.5, 0.6) is 0 Å². The second-order valence-corrected chi connectivity index (χ2v) is 10.8. The molecule has 1 aliphatic heterocycles. The van der Waals surface area contributed by atoms with Crippen molar-refractivity contribution in [3.8, 4) is 0 Å². The van der Waals surface area contributed by atoms with E-state index in [2.05, 4.69) is 4.72 Å². The molecule has 3 aromatic rings. The lowest BCUT2D eigenvalue weighted by Gasteiger charge is -2.30. The predicted octanol–water partition coefficient (Wildman–Crippen LogP) is 3.74. The fourth-order valence-corrected chi connectivity index (χ4v) is 6.19. The van der Waals surface area contributed by atoms with E-state index in [1.807, 2.05) is 24.3 Å². The molecule has 0 amide bonds. The molecule has 0 radical (unpaired) electrons. The Morgan fingerprint density at radius 1 is 0.966 bits per heavy atom. The average Bonchev–Trinajstić information content (AvgIpc) is 2.72. The zero-order valence-electron chi connectivity index (χ0n) is 16.0. The molecule has 0 aromatic heterocycles. The van der Waals surface area contributed by atoms with E-state index in [1.54, 1.807) is 43.3 Å². The topological polar surface area (TPSA) is 83.6 Å². The number of benzene rings is 3. The van der Waals surface area contributed by atoms with Crippen molar-refractivity contribution < 1.29 is 16.8 Å². The monoisotopic (exact) mass is 430 g/mol. The largest absolute Gasteiger partial charge is 0.280 e. The van der Waals surface area contributed by atoms with E-state index in [9.17, 15) is 16.8 Å². The standard InChI is InChI=1S/C21H22N2O4S2/c1-2-28(24,25)23-14-6-9-17-15-18(12-13-20(17)23)22-29(26,27)21-11-5-8-16-7-3-4-10-19(16)21/h3-5,7-8,10-13,15,22H,2,6,9,14H2,1H3. The fraction of sp³-hybridized carbons (Fsp3) is 0.238. The normalized spacial score (nSPS) is 14.6. The van der Waals surface area contributed by atoms with Crippen molar-refractivity contribution >= 4 is 42.2 Å². The van der Waals surface area contributed by atoms with E-state index < -0.39 is 20.0 Å². The van der Waals surface area contributed by atoms with Gasteiger partial charge in [0.05, 0.1) is 16.3 Å². The third-order valence-corrected chi connectivity index (χ3v) is 8.37. The minimum absolute atomic E-state index is 0.0297. The lowest BCUT2D eigenvalue weighted by molar-refractivity contribution is 0.587. The molecule has 152 valence electrons. The predicted molar refractivity (Wildman–Crippen MR) is 116 cm³/mol. The van der Waals surface area contributed by atoms with Gasteiger partial charge in [0.15, 0.2) is 0 Å². The van der Waals surface area contributed by atoms with Crippen LogP contribution in [0.25, 0.3) is 10.8 Å². The lowest BCUT2D eigenvalue weighted by atomic mass is 10.0. The van der Waals surface area contributed by atoms with Crippen molar-refractivity contribution in [3.63, 3.8) is 0 Å². The molecule has 0 saturated carbocycles. The van der Waals surface area contributed by atoms with Gasteiger partial charge in [0.25, 0.3) is 10.0 Å². The van der Waals surface area contributed by atoms with Crippen LogP contribution in [0.1, 0.15) is 18.9 Å². The molecule has 6 nitrogen and oxygen atoms in total. The number of aryl methyl sites for hydroxylation is 1. The highest BCUT2D eigenvalue weighted by molar-refractivity contribution is 7.93. The molecular formula is C21H22N2O4S2. The minimum atomic E-state index is -3.79. The molecule has 1 aliphatic rings. The van der Waals surface area contributed by atoms with Gasteiger partial charge in [-0.3, -0.25) is 9.03 Å². The maximum absolute atomic E-state index is 13.0. The minimum Gasteiger partial charge on any atom is -0.280 e. The maximum atomic E-state index is 13.0. The van der Waals surface area contributed by atoms with Gasteiger partial charge >= 0.3 is 0 Å². The van der Waals surface area contributed by atoms with Gasteiger partial charge in [-0.05, 0) is 55.0 Å². The van der Waals surface area contributed by atoms with Gasteiger partial charge in [0, 0.05) is 17.6 Å². The number of anilines is 2. The number of rotatable bonds is 5. The summed E-state index contributed by atoms with van der Waals surface area (Å²) in [6.45, 7) is 2.07. The summed E-state index contributed by atoms with van der Waals surface area (Å²) in [6, 6.07) is 17.5. The van der Waals surface area contributed by atoms with Crippen LogP contribution in [0.2, 0.25) is 0 Å². The average molecular weight is 431 g/mol. The van der Waals surface area contributed by atoms with Crippen molar-refractivity contribution in [3.05, 3.63) is 66.2 Å². The Morgan fingerprint density at radius 3 is 2.52 bits per heavy atom. The number of nitrogens with zero attached hydrogens (tertiary/aromatic N) is 1. The maximum Gasteiger partial charge on any atom is 0.262 e. The molecule has 1 heterocycles. The third-order valence-electron chi connectivity index (χ3n) is 5.15. The summed E-state index contributed by atoms with van der Waals surface area (Å²) in [5.74, 6) is 0.0297. The Morgan fingerprint density at radius 2 is 1.72 bits per heavy atom. The van der Waals surface area contributed by atoms with Crippen molar-refractivity contribution in [2.24, 2.45) is 0 Å². The van der Waals surface area contributed by atoms with E-state index in [4.69, 9.17) is 0 Å². The smallest absolute Gasteiger partial charge is 0.262 e. The van der Waals surface area contributed by atoms with Crippen molar-refractivity contribution in [1.82, 2.24) is 0 Å². The summed E-state index contributed by atoms with van der Waals surface area (Å²) in [5.41, 5.74) is 1.88. The SMILES string of the molecule is CCS(=O)(=O)N1CCCc2cc(NS(=O)(=O)c3cccc4ccccc34)ccc21. The van der Waals surface area contributed by atoms with Crippen LogP contribution in [0.3, 0.4) is 0 Å². The molecule has 0 spiro atoms. The summed E-state index contributed by atoms with van der Waals surface area (Å²) < 4.78 is 54.9. The molecule has 3 aromatic carbocycles. The van der Waals surface area contributed by atoms with Gasteiger partial charge in [-0.2, -0.15) is 0 Å². The van der Waals surface area contributed by atoms with Gasteiger partial charge in [-0.25, -0.2) is 16.8 Å². The highest BCUT2D eigenvalue weighted by Gasteiger charge is 2.26. The van der Waals surface area contributed by atoms with Crippen LogP contribution in [-0.2, 0) is 26.5 Å². The number of nitrogens with one attached hydrogen (secondary N) is 1. The molecule has 0 aliphatic carbocycles. The Kier molecular flexibility index (Phi) is 5.00. The van der Waals surface area contributed by atoms with E-state index in [-0.39, 0.29) is 10.6 Å². The molecule has 0 atom stereocenters. The zero-order valence-corrected chi connectivity index (χ0v) is 17.6. The Bertz CT molecular complexity index is 1280. The molecule has 0 saturated heterocycles. The molecule has 0 bridgehead atoms. The first-order chi connectivity index (χ1) is 13.8. The third kappa shape index (κ3) is 3.70. The lowest BCUT2D eigenvalue weighted by Crippen LogP contribution is -2.36. The van der Waals surface area contributed by atoms with Crippen LogP contribution in [0.4, 0.5) is 11.4 Å². The summed E-state index contributed by atoms with van der Waals surface area (Å²) in [6.07, 6.45) is 1.40.